The highest BCUT2D eigenvalue weighted by molar-refractivity contribution is 9.10. The molecule has 4 rings (SSSR count). The van der Waals surface area contributed by atoms with Crippen LogP contribution >= 0.6 is 15.9 Å². The van der Waals surface area contributed by atoms with Gasteiger partial charge in [0.05, 0.1) is 6.54 Å². The first-order valence-electron chi connectivity index (χ1n) is 7.34. The molecule has 0 atom stereocenters. The number of fused-ring (bicyclic) bond motifs is 3. The molecule has 0 N–H and O–H groups in total. The zero-order valence-electron chi connectivity index (χ0n) is 12.0. The molecule has 2 heterocycles. The highest BCUT2D eigenvalue weighted by Crippen LogP contribution is 2.25. The smallest absolute Gasteiger partial charge is 0.254 e. The summed E-state index contributed by atoms with van der Waals surface area (Å²) in [5.41, 5.74) is 3.21. The Morgan fingerprint density at radius 2 is 1.77 bits per heavy atom. The quantitative estimate of drug-likeness (QED) is 0.646. The normalized spacial score (nSPS) is 14.1. The third-order valence-electron chi connectivity index (χ3n) is 4.22. The molecule has 0 aliphatic carbocycles. The van der Waals surface area contributed by atoms with Gasteiger partial charge in [-0.05, 0) is 41.8 Å². The lowest BCUT2D eigenvalue weighted by Crippen LogP contribution is -2.38. The van der Waals surface area contributed by atoms with Crippen LogP contribution in [-0.2, 0) is 13.1 Å². The minimum Gasteiger partial charge on any atom is -0.341 e. The number of aromatic nitrogens is 1. The van der Waals surface area contributed by atoms with Crippen LogP contribution in [-0.4, -0.2) is 21.9 Å². The van der Waals surface area contributed by atoms with Gasteiger partial charge in [-0.2, -0.15) is 0 Å². The largest absolute Gasteiger partial charge is 0.341 e. The highest BCUT2D eigenvalue weighted by Gasteiger charge is 2.23. The Kier molecular flexibility index (Phi) is 3.26. The van der Waals surface area contributed by atoms with Crippen molar-refractivity contribution in [2.75, 3.05) is 6.54 Å². The molecule has 0 unspecified atom stereocenters. The van der Waals surface area contributed by atoms with E-state index in [0.29, 0.717) is 6.54 Å². The van der Waals surface area contributed by atoms with Crippen LogP contribution in [0.3, 0.4) is 0 Å². The molecule has 0 saturated carbocycles. The average Bonchev–Trinajstić information content (AvgIpc) is 2.92. The summed E-state index contributed by atoms with van der Waals surface area (Å²) in [4.78, 5) is 14.6. The number of benzene rings is 2. The minimum atomic E-state index is 0.101. The van der Waals surface area contributed by atoms with Gasteiger partial charge in [-0.3, -0.25) is 4.79 Å². The summed E-state index contributed by atoms with van der Waals surface area (Å²) >= 11 is 3.40. The van der Waals surface area contributed by atoms with Gasteiger partial charge in [0, 0.05) is 34.3 Å². The third-order valence-corrected chi connectivity index (χ3v) is 4.75. The van der Waals surface area contributed by atoms with E-state index in [4.69, 9.17) is 0 Å². The van der Waals surface area contributed by atoms with Crippen LogP contribution < -0.4 is 0 Å². The van der Waals surface area contributed by atoms with Crippen LogP contribution in [0, 0.1) is 0 Å². The number of hydrogen-bond acceptors (Lipinski definition) is 1. The number of carbonyl (C=O) groups excluding carboxylic acids is 1. The zero-order valence-corrected chi connectivity index (χ0v) is 13.6. The van der Waals surface area contributed by atoms with E-state index in [1.54, 1.807) is 0 Å². The molecular formula is C18H15BrN2O. The average molecular weight is 355 g/mol. The van der Waals surface area contributed by atoms with Gasteiger partial charge in [-0.1, -0.05) is 34.1 Å². The number of rotatable bonds is 1. The van der Waals surface area contributed by atoms with Crippen LogP contribution in [0.1, 0.15) is 16.1 Å². The van der Waals surface area contributed by atoms with Gasteiger partial charge in [-0.25, -0.2) is 0 Å². The molecule has 0 spiro atoms. The van der Waals surface area contributed by atoms with Crippen molar-refractivity contribution in [2.45, 2.75) is 13.1 Å². The van der Waals surface area contributed by atoms with Crippen molar-refractivity contribution in [2.24, 2.45) is 0 Å². The van der Waals surface area contributed by atoms with Crippen LogP contribution in [0.25, 0.3) is 10.9 Å². The Morgan fingerprint density at radius 3 is 2.59 bits per heavy atom. The summed E-state index contributed by atoms with van der Waals surface area (Å²) in [5.74, 6) is 0.101. The van der Waals surface area contributed by atoms with Gasteiger partial charge in [0.2, 0.25) is 0 Å². The SMILES string of the molecule is O=C(c1ccc(Br)cc1)N1CCn2c(cc3ccccc32)C1. The Labute approximate surface area is 137 Å². The maximum atomic E-state index is 12.6. The molecule has 110 valence electrons. The Morgan fingerprint density at radius 1 is 1.00 bits per heavy atom. The van der Waals surface area contributed by atoms with Gasteiger partial charge in [0.1, 0.15) is 0 Å². The van der Waals surface area contributed by atoms with E-state index >= 15 is 0 Å². The predicted molar refractivity (Wildman–Crippen MR) is 90.8 cm³/mol. The first kappa shape index (κ1) is 13.6. The first-order valence-corrected chi connectivity index (χ1v) is 8.14. The molecule has 0 fully saturated rings. The van der Waals surface area contributed by atoms with Crippen molar-refractivity contribution in [3.05, 3.63) is 70.3 Å². The first-order chi connectivity index (χ1) is 10.7. The lowest BCUT2D eigenvalue weighted by Gasteiger charge is -2.29. The van der Waals surface area contributed by atoms with Gasteiger partial charge in [0.15, 0.2) is 0 Å². The maximum absolute atomic E-state index is 12.6. The van der Waals surface area contributed by atoms with Gasteiger partial charge in [0.25, 0.3) is 5.91 Å². The van der Waals surface area contributed by atoms with Gasteiger partial charge >= 0.3 is 0 Å². The lowest BCUT2D eigenvalue weighted by molar-refractivity contribution is 0.0712. The summed E-state index contributed by atoms with van der Waals surface area (Å²) in [6, 6.07) is 18.1. The van der Waals surface area contributed by atoms with Gasteiger partial charge in [-0.15, -0.1) is 0 Å². The van der Waals surface area contributed by atoms with Crippen molar-refractivity contribution in [3.63, 3.8) is 0 Å². The minimum absolute atomic E-state index is 0.101. The van der Waals surface area contributed by atoms with Crippen LogP contribution in [0.15, 0.2) is 59.1 Å². The Bertz CT molecular complexity index is 851. The molecule has 1 aliphatic rings. The van der Waals surface area contributed by atoms with E-state index in [-0.39, 0.29) is 5.91 Å². The summed E-state index contributed by atoms with van der Waals surface area (Å²) in [6.07, 6.45) is 0. The molecule has 0 bridgehead atoms. The molecule has 22 heavy (non-hydrogen) atoms. The topological polar surface area (TPSA) is 25.2 Å². The van der Waals surface area contributed by atoms with Crippen molar-refractivity contribution in [1.29, 1.82) is 0 Å². The van der Waals surface area contributed by atoms with E-state index in [1.807, 2.05) is 29.2 Å². The summed E-state index contributed by atoms with van der Waals surface area (Å²) in [7, 11) is 0. The molecule has 0 saturated heterocycles. The Hall–Kier alpha value is -2.07. The second-order valence-corrected chi connectivity index (χ2v) is 6.50. The second-order valence-electron chi connectivity index (χ2n) is 5.58. The van der Waals surface area contributed by atoms with E-state index in [2.05, 4.69) is 50.8 Å². The van der Waals surface area contributed by atoms with E-state index in [9.17, 15) is 4.79 Å². The van der Waals surface area contributed by atoms with E-state index < -0.39 is 0 Å². The number of carbonyl (C=O) groups is 1. The fraction of sp³-hybridized carbons (Fsp3) is 0.167. The maximum Gasteiger partial charge on any atom is 0.254 e. The van der Waals surface area contributed by atoms with Crippen LogP contribution in [0.2, 0.25) is 0 Å². The molecule has 0 radical (unpaired) electrons. The molecular weight excluding hydrogens is 340 g/mol. The number of para-hydroxylation sites is 1. The second kappa shape index (κ2) is 5.29. The van der Waals surface area contributed by atoms with E-state index in [1.165, 1.54) is 16.6 Å². The molecule has 3 nitrogen and oxygen atoms in total. The standard InChI is InChI=1S/C18H15BrN2O/c19-15-7-5-13(6-8-15)18(22)20-9-10-21-16(12-20)11-14-3-1-2-4-17(14)21/h1-8,11H,9-10,12H2. The van der Waals surface area contributed by atoms with Gasteiger partial charge < -0.3 is 9.47 Å². The molecule has 1 amide bonds. The molecule has 2 aromatic carbocycles. The predicted octanol–water partition coefficient (Wildman–Crippen LogP) is 4.06. The molecule has 1 aromatic heterocycles. The fourth-order valence-electron chi connectivity index (χ4n) is 3.11. The van der Waals surface area contributed by atoms with E-state index in [0.717, 1.165) is 23.1 Å². The van der Waals surface area contributed by atoms with Crippen molar-refractivity contribution >= 4 is 32.7 Å². The highest BCUT2D eigenvalue weighted by atomic mass is 79.9. The molecule has 1 aliphatic heterocycles. The lowest BCUT2D eigenvalue weighted by atomic mass is 10.2. The van der Waals surface area contributed by atoms with Crippen LogP contribution in [0.4, 0.5) is 0 Å². The summed E-state index contributed by atoms with van der Waals surface area (Å²) in [6.45, 7) is 2.27. The molecule has 4 heteroatoms. The van der Waals surface area contributed by atoms with Crippen molar-refractivity contribution < 1.29 is 4.79 Å². The zero-order chi connectivity index (χ0) is 15.1. The molecule has 3 aromatic rings. The number of nitrogens with zero attached hydrogens (tertiary/aromatic N) is 2. The summed E-state index contributed by atoms with van der Waals surface area (Å²) in [5, 5.41) is 1.25. The fourth-order valence-corrected chi connectivity index (χ4v) is 3.37. The Balaban J connectivity index is 1.64. The number of amides is 1. The van der Waals surface area contributed by atoms with Crippen molar-refractivity contribution in [3.8, 4) is 0 Å². The van der Waals surface area contributed by atoms with Crippen molar-refractivity contribution in [1.82, 2.24) is 9.47 Å². The number of halogens is 1. The number of hydrogen-bond donors (Lipinski definition) is 0. The third kappa shape index (κ3) is 2.24. The monoisotopic (exact) mass is 354 g/mol. The summed E-state index contributed by atoms with van der Waals surface area (Å²) < 4.78 is 3.31. The van der Waals surface area contributed by atoms with Crippen LogP contribution in [0.5, 0.6) is 0 Å².